The van der Waals surface area contributed by atoms with E-state index in [1.165, 1.54) is 4.88 Å². The standard InChI is InChI=1S/C17H19N3O2S/c21-17-12-22-16-11-19(9-14-2-1-7-23-14)10-15(16)20(17)8-13-3-5-18-6-4-13/h1-7,15-16H,8-12H2/t15?,16-/m1/s1. The minimum atomic E-state index is 0.0843. The number of carbonyl (C=O) groups is 1. The molecular weight excluding hydrogens is 310 g/mol. The molecule has 5 nitrogen and oxygen atoms in total. The van der Waals surface area contributed by atoms with Gasteiger partial charge in [-0.2, -0.15) is 0 Å². The van der Waals surface area contributed by atoms with Gasteiger partial charge in [-0.05, 0) is 29.1 Å². The molecule has 2 fully saturated rings. The molecule has 23 heavy (non-hydrogen) atoms. The third-order valence-electron chi connectivity index (χ3n) is 4.52. The molecule has 120 valence electrons. The van der Waals surface area contributed by atoms with Crippen LogP contribution >= 0.6 is 11.3 Å². The van der Waals surface area contributed by atoms with Gasteiger partial charge < -0.3 is 9.64 Å². The van der Waals surface area contributed by atoms with Crippen molar-refractivity contribution in [2.45, 2.75) is 25.2 Å². The highest BCUT2D eigenvalue weighted by atomic mass is 32.1. The van der Waals surface area contributed by atoms with Gasteiger partial charge in [-0.3, -0.25) is 14.7 Å². The Morgan fingerprint density at radius 1 is 1.22 bits per heavy atom. The van der Waals surface area contributed by atoms with Crippen LogP contribution < -0.4 is 0 Å². The van der Waals surface area contributed by atoms with Crippen molar-refractivity contribution in [2.75, 3.05) is 19.7 Å². The summed E-state index contributed by atoms with van der Waals surface area (Å²) in [4.78, 5) is 22.1. The normalized spacial score (nSPS) is 24.9. The largest absolute Gasteiger partial charge is 0.365 e. The smallest absolute Gasteiger partial charge is 0.249 e. The number of rotatable bonds is 4. The van der Waals surface area contributed by atoms with Crippen LogP contribution in [0.4, 0.5) is 0 Å². The van der Waals surface area contributed by atoms with Crippen LogP contribution in [-0.4, -0.2) is 52.5 Å². The van der Waals surface area contributed by atoms with Crippen LogP contribution in [0.1, 0.15) is 10.4 Å². The molecule has 0 spiro atoms. The summed E-state index contributed by atoms with van der Waals surface area (Å²) in [6, 6.07) is 8.32. The molecule has 4 rings (SSSR count). The van der Waals surface area contributed by atoms with Crippen molar-refractivity contribution in [3.63, 3.8) is 0 Å². The van der Waals surface area contributed by atoms with Gasteiger partial charge in [-0.25, -0.2) is 0 Å². The van der Waals surface area contributed by atoms with E-state index in [2.05, 4.69) is 27.4 Å². The molecule has 6 heteroatoms. The van der Waals surface area contributed by atoms with E-state index in [9.17, 15) is 4.79 Å². The van der Waals surface area contributed by atoms with Gasteiger partial charge in [0.2, 0.25) is 5.91 Å². The number of pyridine rings is 1. The second-order valence-electron chi connectivity index (χ2n) is 6.07. The second kappa shape index (κ2) is 6.39. The van der Waals surface area contributed by atoms with Gasteiger partial charge in [0.15, 0.2) is 0 Å². The van der Waals surface area contributed by atoms with Crippen LogP contribution in [0.5, 0.6) is 0 Å². The molecule has 1 unspecified atom stereocenters. The zero-order chi connectivity index (χ0) is 15.6. The number of thiophene rings is 1. The van der Waals surface area contributed by atoms with Crippen molar-refractivity contribution in [1.82, 2.24) is 14.8 Å². The van der Waals surface area contributed by atoms with Crippen molar-refractivity contribution >= 4 is 17.2 Å². The first-order chi connectivity index (χ1) is 11.3. The summed E-state index contributed by atoms with van der Waals surface area (Å²) >= 11 is 1.78. The van der Waals surface area contributed by atoms with Crippen molar-refractivity contribution in [3.05, 3.63) is 52.5 Å². The first-order valence-corrected chi connectivity index (χ1v) is 8.72. The summed E-state index contributed by atoms with van der Waals surface area (Å²) < 4.78 is 5.79. The van der Waals surface area contributed by atoms with Crippen molar-refractivity contribution in [2.24, 2.45) is 0 Å². The fourth-order valence-electron chi connectivity index (χ4n) is 3.38. The number of fused-ring (bicyclic) bond motifs is 1. The van der Waals surface area contributed by atoms with E-state index in [0.29, 0.717) is 6.54 Å². The first-order valence-electron chi connectivity index (χ1n) is 7.84. The molecule has 2 aliphatic rings. The van der Waals surface area contributed by atoms with Crippen LogP contribution in [-0.2, 0) is 22.6 Å². The summed E-state index contributed by atoms with van der Waals surface area (Å²) in [5.74, 6) is 0.0843. The number of nitrogens with zero attached hydrogens (tertiary/aromatic N) is 3. The summed E-state index contributed by atoms with van der Waals surface area (Å²) in [6.45, 7) is 3.53. The summed E-state index contributed by atoms with van der Waals surface area (Å²) in [7, 11) is 0. The highest BCUT2D eigenvalue weighted by molar-refractivity contribution is 7.09. The quantitative estimate of drug-likeness (QED) is 0.857. The van der Waals surface area contributed by atoms with E-state index >= 15 is 0 Å². The van der Waals surface area contributed by atoms with E-state index in [4.69, 9.17) is 4.74 Å². The predicted octanol–water partition coefficient (Wildman–Crippen LogP) is 1.75. The van der Waals surface area contributed by atoms with Gasteiger partial charge in [-0.1, -0.05) is 6.07 Å². The zero-order valence-corrected chi connectivity index (χ0v) is 13.6. The highest BCUT2D eigenvalue weighted by Crippen LogP contribution is 2.27. The number of amides is 1. The van der Waals surface area contributed by atoms with Crippen molar-refractivity contribution < 1.29 is 9.53 Å². The Morgan fingerprint density at radius 2 is 2.09 bits per heavy atom. The molecule has 2 atom stereocenters. The lowest BCUT2D eigenvalue weighted by molar-refractivity contribution is -0.153. The SMILES string of the molecule is O=C1CO[C@@H]2CN(Cc3cccs3)CC2N1Cc1ccncc1. The van der Waals surface area contributed by atoms with Crippen LogP contribution in [0.3, 0.4) is 0 Å². The van der Waals surface area contributed by atoms with Crippen LogP contribution in [0.2, 0.25) is 0 Å². The Kier molecular flexibility index (Phi) is 4.11. The van der Waals surface area contributed by atoms with E-state index in [1.54, 1.807) is 23.7 Å². The molecule has 2 aliphatic heterocycles. The molecule has 0 N–H and O–H groups in total. The summed E-state index contributed by atoms with van der Waals surface area (Å²) in [6.07, 6.45) is 3.67. The lowest BCUT2D eigenvalue weighted by atomic mass is 10.1. The topological polar surface area (TPSA) is 45.7 Å². The number of morpholine rings is 1. The molecule has 2 aromatic heterocycles. The molecule has 0 aliphatic carbocycles. The van der Waals surface area contributed by atoms with Gasteiger partial charge in [-0.15, -0.1) is 11.3 Å². The minimum absolute atomic E-state index is 0.0843. The monoisotopic (exact) mass is 329 g/mol. The van der Waals surface area contributed by atoms with E-state index < -0.39 is 0 Å². The van der Waals surface area contributed by atoms with Crippen molar-refractivity contribution in [1.29, 1.82) is 0 Å². The Morgan fingerprint density at radius 3 is 2.87 bits per heavy atom. The van der Waals surface area contributed by atoms with Gasteiger partial charge in [0, 0.05) is 43.4 Å². The van der Waals surface area contributed by atoms with Gasteiger partial charge in [0.1, 0.15) is 6.61 Å². The predicted molar refractivity (Wildman–Crippen MR) is 87.9 cm³/mol. The molecule has 2 aromatic rings. The Balaban J connectivity index is 1.47. The molecule has 4 heterocycles. The molecule has 0 bridgehead atoms. The van der Waals surface area contributed by atoms with Gasteiger partial charge >= 0.3 is 0 Å². The maximum Gasteiger partial charge on any atom is 0.249 e. The Labute approximate surface area is 139 Å². The van der Waals surface area contributed by atoms with Crippen LogP contribution in [0.25, 0.3) is 0 Å². The van der Waals surface area contributed by atoms with Crippen LogP contribution in [0.15, 0.2) is 42.0 Å². The number of carbonyl (C=O) groups excluding carboxylic acids is 1. The van der Waals surface area contributed by atoms with Gasteiger partial charge in [0.25, 0.3) is 0 Å². The highest BCUT2D eigenvalue weighted by Gasteiger charge is 2.42. The molecule has 0 radical (unpaired) electrons. The number of hydrogen-bond donors (Lipinski definition) is 0. The Hall–Kier alpha value is -1.76. The average Bonchev–Trinajstić information content (AvgIpc) is 3.21. The van der Waals surface area contributed by atoms with E-state index in [1.807, 2.05) is 17.0 Å². The van der Waals surface area contributed by atoms with Gasteiger partial charge in [0.05, 0.1) is 12.1 Å². The summed E-state index contributed by atoms with van der Waals surface area (Å²) in [5.41, 5.74) is 1.12. The summed E-state index contributed by atoms with van der Waals surface area (Å²) in [5, 5.41) is 2.11. The number of likely N-dealkylation sites (tertiary alicyclic amines) is 1. The third-order valence-corrected chi connectivity index (χ3v) is 5.38. The molecular formula is C17H19N3O2S. The second-order valence-corrected chi connectivity index (χ2v) is 7.10. The fraction of sp³-hybridized carbons (Fsp3) is 0.412. The maximum atomic E-state index is 12.3. The van der Waals surface area contributed by atoms with E-state index in [-0.39, 0.29) is 24.7 Å². The zero-order valence-electron chi connectivity index (χ0n) is 12.8. The van der Waals surface area contributed by atoms with Crippen molar-refractivity contribution in [3.8, 4) is 0 Å². The fourth-order valence-corrected chi connectivity index (χ4v) is 4.13. The average molecular weight is 329 g/mol. The molecule has 0 saturated carbocycles. The third kappa shape index (κ3) is 3.15. The van der Waals surface area contributed by atoms with Crippen LogP contribution in [0, 0.1) is 0 Å². The first kappa shape index (κ1) is 14.8. The molecule has 1 amide bonds. The Bertz CT molecular complexity index is 662. The number of hydrogen-bond acceptors (Lipinski definition) is 5. The van der Waals surface area contributed by atoms with E-state index in [0.717, 1.165) is 25.2 Å². The maximum absolute atomic E-state index is 12.3. The molecule has 2 saturated heterocycles. The number of ether oxygens (including phenoxy) is 1. The lowest BCUT2D eigenvalue weighted by Gasteiger charge is -2.36. The number of aromatic nitrogens is 1. The molecule has 0 aromatic carbocycles. The minimum Gasteiger partial charge on any atom is -0.365 e. The lowest BCUT2D eigenvalue weighted by Crippen LogP contribution is -2.53.